The Morgan fingerprint density at radius 3 is 2.70 bits per heavy atom. The summed E-state index contributed by atoms with van der Waals surface area (Å²) in [7, 11) is 1.38. The van der Waals surface area contributed by atoms with Gasteiger partial charge in [0, 0.05) is 16.1 Å². The van der Waals surface area contributed by atoms with Gasteiger partial charge in [-0.3, -0.25) is 4.79 Å². The number of phenolic OH excluding ortho intramolecular Hbond substituents is 2. The number of phenols is 2. The molecule has 0 saturated heterocycles. The average Bonchev–Trinajstić information content (AvgIpc) is 2.52. The summed E-state index contributed by atoms with van der Waals surface area (Å²) in [6.07, 6.45) is 1.21. The summed E-state index contributed by atoms with van der Waals surface area (Å²) >= 11 is 11.6. The third-order valence-corrected chi connectivity index (χ3v) is 3.38. The molecular formula is C15H12Cl2N2O4. The van der Waals surface area contributed by atoms with E-state index in [1.807, 2.05) is 0 Å². The Kier molecular flexibility index (Phi) is 5.31. The molecule has 0 unspecified atom stereocenters. The van der Waals surface area contributed by atoms with Gasteiger partial charge in [0.2, 0.25) is 0 Å². The van der Waals surface area contributed by atoms with Crippen LogP contribution >= 0.6 is 23.2 Å². The van der Waals surface area contributed by atoms with Crippen LogP contribution in [0.4, 0.5) is 0 Å². The van der Waals surface area contributed by atoms with Crippen LogP contribution in [0.5, 0.6) is 17.2 Å². The van der Waals surface area contributed by atoms with Crippen molar-refractivity contribution in [3.8, 4) is 17.2 Å². The first-order valence-corrected chi connectivity index (χ1v) is 7.06. The molecule has 3 N–H and O–H groups in total. The van der Waals surface area contributed by atoms with Crippen molar-refractivity contribution in [3.05, 3.63) is 51.5 Å². The fourth-order valence-electron chi connectivity index (χ4n) is 1.73. The topological polar surface area (TPSA) is 91.2 Å². The lowest BCUT2D eigenvalue weighted by Crippen LogP contribution is -2.17. The number of ether oxygens (including phenoxy) is 1. The van der Waals surface area contributed by atoms with Crippen LogP contribution < -0.4 is 10.2 Å². The summed E-state index contributed by atoms with van der Waals surface area (Å²) in [5.74, 6) is -0.625. The second-order valence-electron chi connectivity index (χ2n) is 4.41. The van der Waals surface area contributed by atoms with Crippen molar-refractivity contribution in [3.63, 3.8) is 0 Å². The van der Waals surface area contributed by atoms with Crippen molar-refractivity contribution in [2.24, 2.45) is 5.10 Å². The number of nitrogens with zero attached hydrogens (tertiary/aromatic N) is 1. The maximum atomic E-state index is 12.0. The first-order valence-electron chi connectivity index (χ1n) is 6.30. The number of nitrogens with one attached hydrogen (secondary N) is 1. The monoisotopic (exact) mass is 354 g/mol. The third kappa shape index (κ3) is 4.06. The number of benzene rings is 2. The van der Waals surface area contributed by atoms with Gasteiger partial charge in [0.05, 0.1) is 18.3 Å². The summed E-state index contributed by atoms with van der Waals surface area (Å²) in [6, 6.07) is 6.95. The Balaban J connectivity index is 2.13. The molecule has 0 atom stereocenters. The van der Waals surface area contributed by atoms with Crippen LogP contribution in [0.3, 0.4) is 0 Å². The molecule has 0 aliphatic heterocycles. The molecule has 2 aromatic carbocycles. The molecule has 0 radical (unpaired) electrons. The standard InChI is InChI=1S/C15H12Cl2N2O4/c1-23-13-5-8(2-3-12(13)20)15(22)19-18-7-9-4-10(16)6-11(17)14(9)21/h2-7,20-21H,1H3,(H,19,22)/b18-7+. The zero-order valence-corrected chi connectivity index (χ0v) is 13.4. The normalized spacial score (nSPS) is 10.7. The first-order chi connectivity index (χ1) is 10.9. The van der Waals surface area contributed by atoms with Crippen molar-refractivity contribution in [2.45, 2.75) is 0 Å². The number of hydrazone groups is 1. The SMILES string of the molecule is COc1cc(C(=O)N/N=C/c2cc(Cl)cc(Cl)c2O)ccc1O. The number of rotatable bonds is 4. The molecule has 0 heterocycles. The number of carbonyl (C=O) groups is 1. The zero-order chi connectivity index (χ0) is 17.0. The van der Waals surface area contributed by atoms with Crippen molar-refractivity contribution in [1.29, 1.82) is 0 Å². The van der Waals surface area contributed by atoms with Gasteiger partial charge in [-0.2, -0.15) is 5.10 Å². The van der Waals surface area contributed by atoms with Gasteiger partial charge in [0.1, 0.15) is 5.75 Å². The molecule has 0 aliphatic rings. The predicted octanol–water partition coefficient (Wildman–Crippen LogP) is 3.18. The van der Waals surface area contributed by atoms with Crippen LogP contribution in [0.25, 0.3) is 0 Å². The minimum atomic E-state index is -0.521. The van der Waals surface area contributed by atoms with E-state index in [4.69, 9.17) is 27.9 Å². The Morgan fingerprint density at radius 1 is 1.26 bits per heavy atom. The molecule has 0 aromatic heterocycles. The molecule has 0 saturated carbocycles. The molecule has 0 bridgehead atoms. The molecule has 23 heavy (non-hydrogen) atoms. The third-order valence-electron chi connectivity index (χ3n) is 2.87. The fourth-order valence-corrected chi connectivity index (χ4v) is 2.24. The second-order valence-corrected chi connectivity index (χ2v) is 5.25. The minimum Gasteiger partial charge on any atom is -0.506 e. The summed E-state index contributed by atoms with van der Waals surface area (Å²) in [4.78, 5) is 12.0. The van der Waals surface area contributed by atoms with Crippen LogP contribution in [0, 0.1) is 0 Å². The van der Waals surface area contributed by atoms with E-state index in [1.54, 1.807) is 0 Å². The lowest BCUT2D eigenvalue weighted by molar-refractivity contribution is 0.0954. The Morgan fingerprint density at radius 2 is 2.00 bits per heavy atom. The predicted molar refractivity (Wildman–Crippen MR) is 87.8 cm³/mol. The number of aromatic hydroxyl groups is 2. The summed E-state index contributed by atoms with van der Waals surface area (Å²) in [5, 5.41) is 23.4. The number of carbonyl (C=O) groups excluding carboxylic acids is 1. The molecular weight excluding hydrogens is 343 g/mol. The summed E-state index contributed by atoms with van der Waals surface area (Å²) < 4.78 is 4.92. The van der Waals surface area contributed by atoms with Crippen molar-refractivity contribution >= 4 is 35.3 Å². The highest BCUT2D eigenvalue weighted by Gasteiger charge is 2.09. The largest absolute Gasteiger partial charge is 0.506 e. The van der Waals surface area contributed by atoms with E-state index in [9.17, 15) is 15.0 Å². The maximum absolute atomic E-state index is 12.0. The van der Waals surface area contributed by atoms with E-state index in [2.05, 4.69) is 10.5 Å². The second kappa shape index (κ2) is 7.21. The Labute approximate surface area is 141 Å². The van der Waals surface area contributed by atoms with Crippen molar-refractivity contribution in [2.75, 3.05) is 7.11 Å². The summed E-state index contributed by atoms with van der Waals surface area (Å²) in [5.41, 5.74) is 2.78. The molecule has 1 amide bonds. The van der Waals surface area contributed by atoms with E-state index >= 15 is 0 Å². The van der Waals surface area contributed by atoms with Crippen LogP contribution in [-0.4, -0.2) is 29.4 Å². The lowest BCUT2D eigenvalue weighted by atomic mass is 10.2. The van der Waals surface area contributed by atoms with E-state index in [0.717, 1.165) is 0 Å². The highest BCUT2D eigenvalue weighted by atomic mass is 35.5. The Bertz CT molecular complexity index is 778. The van der Waals surface area contributed by atoms with Crippen molar-refractivity contribution < 1.29 is 19.7 Å². The number of hydrogen-bond acceptors (Lipinski definition) is 5. The van der Waals surface area contributed by atoms with Gasteiger partial charge in [-0.15, -0.1) is 0 Å². The minimum absolute atomic E-state index is 0.0774. The zero-order valence-electron chi connectivity index (χ0n) is 11.9. The smallest absolute Gasteiger partial charge is 0.271 e. The summed E-state index contributed by atoms with van der Waals surface area (Å²) in [6.45, 7) is 0. The molecule has 6 nitrogen and oxygen atoms in total. The highest BCUT2D eigenvalue weighted by molar-refractivity contribution is 6.36. The van der Waals surface area contributed by atoms with E-state index in [-0.39, 0.29) is 33.4 Å². The van der Waals surface area contributed by atoms with Crippen molar-refractivity contribution in [1.82, 2.24) is 5.43 Å². The highest BCUT2D eigenvalue weighted by Crippen LogP contribution is 2.30. The van der Waals surface area contributed by atoms with Gasteiger partial charge in [-0.1, -0.05) is 23.2 Å². The molecule has 2 rings (SSSR count). The average molecular weight is 355 g/mol. The number of halogens is 2. The number of amides is 1. The van der Waals surface area contributed by atoms with Gasteiger partial charge in [-0.05, 0) is 30.3 Å². The molecule has 2 aromatic rings. The molecule has 8 heteroatoms. The maximum Gasteiger partial charge on any atom is 0.271 e. The Hall–Kier alpha value is -2.44. The van der Waals surface area contributed by atoms with Crippen LogP contribution in [-0.2, 0) is 0 Å². The first kappa shape index (κ1) is 16.9. The van der Waals surface area contributed by atoms with E-state index < -0.39 is 5.91 Å². The molecule has 0 fully saturated rings. The van der Waals surface area contributed by atoms with Crippen LogP contribution in [0.15, 0.2) is 35.4 Å². The van der Waals surface area contributed by atoms with Gasteiger partial charge < -0.3 is 14.9 Å². The number of hydrogen-bond donors (Lipinski definition) is 3. The number of methoxy groups -OCH3 is 1. The van der Waals surface area contributed by atoms with Gasteiger partial charge in [0.15, 0.2) is 11.5 Å². The molecule has 0 spiro atoms. The molecule has 0 aliphatic carbocycles. The van der Waals surface area contributed by atoms with Gasteiger partial charge >= 0.3 is 0 Å². The van der Waals surface area contributed by atoms with Gasteiger partial charge in [0.25, 0.3) is 5.91 Å². The fraction of sp³-hybridized carbons (Fsp3) is 0.0667. The van der Waals surface area contributed by atoms with E-state index in [0.29, 0.717) is 5.02 Å². The van der Waals surface area contributed by atoms with E-state index in [1.165, 1.54) is 43.7 Å². The molecule has 120 valence electrons. The quantitative estimate of drug-likeness (QED) is 0.580. The van der Waals surface area contributed by atoms with Crippen LogP contribution in [0.1, 0.15) is 15.9 Å². The van der Waals surface area contributed by atoms with Gasteiger partial charge in [-0.25, -0.2) is 5.43 Å². The van der Waals surface area contributed by atoms with Crippen LogP contribution in [0.2, 0.25) is 10.0 Å². The lowest BCUT2D eigenvalue weighted by Gasteiger charge is -2.06.